The molecule has 18 heavy (non-hydrogen) atoms. The summed E-state index contributed by atoms with van der Waals surface area (Å²) in [7, 11) is 0. The van der Waals surface area contributed by atoms with Crippen LogP contribution in [0.2, 0.25) is 5.02 Å². The molecule has 0 bridgehead atoms. The van der Waals surface area contributed by atoms with E-state index in [1.807, 2.05) is 30.3 Å². The monoisotopic (exact) mass is 257 g/mol. The molecule has 0 radical (unpaired) electrons. The maximum atomic E-state index is 8.71. The molecular formula is C14H12ClN3. The summed E-state index contributed by atoms with van der Waals surface area (Å²) in [4.78, 5) is 2.29. The lowest BCUT2D eigenvalue weighted by Crippen LogP contribution is -2.17. The molecule has 3 nitrogen and oxygen atoms in total. The van der Waals surface area contributed by atoms with Crippen molar-refractivity contribution < 1.29 is 0 Å². The number of anilines is 1. The number of nitrogens with zero attached hydrogens (tertiary/aromatic N) is 3. The van der Waals surface area contributed by atoms with Gasteiger partial charge in [0.2, 0.25) is 0 Å². The van der Waals surface area contributed by atoms with E-state index in [1.165, 1.54) is 18.9 Å². The Morgan fingerprint density at radius 2 is 1.89 bits per heavy atom. The standard InChI is InChI=1S/C14H12ClN3/c15-14-8-13(18-5-1-2-6-18)4-3-12(14)7-11(9-16)10-17/h3-4,7-8H,1-2,5-6H2. The molecule has 0 N–H and O–H groups in total. The van der Waals surface area contributed by atoms with Crippen molar-refractivity contribution in [3.63, 3.8) is 0 Å². The number of hydrogen-bond acceptors (Lipinski definition) is 3. The van der Waals surface area contributed by atoms with Gasteiger partial charge in [0.25, 0.3) is 0 Å². The third-order valence-corrected chi connectivity index (χ3v) is 3.32. The number of benzene rings is 1. The summed E-state index contributed by atoms with van der Waals surface area (Å²) in [6.07, 6.45) is 3.94. The lowest BCUT2D eigenvalue weighted by Gasteiger charge is -2.18. The molecule has 1 fully saturated rings. The van der Waals surface area contributed by atoms with Gasteiger partial charge in [-0.15, -0.1) is 0 Å². The Kier molecular flexibility index (Phi) is 3.87. The highest BCUT2D eigenvalue weighted by molar-refractivity contribution is 6.32. The molecule has 1 aliphatic heterocycles. The summed E-state index contributed by atoms with van der Waals surface area (Å²) in [6.45, 7) is 2.13. The highest BCUT2D eigenvalue weighted by Gasteiger charge is 2.13. The van der Waals surface area contributed by atoms with E-state index < -0.39 is 0 Å². The average Bonchev–Trinajstić information content (AvgIpc) is 2.91. The van der Waals surface area contributed by atoms with E-state index in [0.717, 1.165) is 18.8 Å². The fourth-order valence-electron chi connectivity index (χ4n) is 2.05. The molecule has 1 aromatic rings. The molecule has 0 saturated carbocycles. The van der Waals surface area contributed by atoms with E-state index in [0.29, 0.717) is 10.6 Å². The first kappa shape index (κ1) is 12.5. The third kappa shape index (κ3) is 2.64. The van der Waals surface area contributed by atoms with Gasteiger partial charge >= 0.3 is 0 Å². The van der Waals surface area contributed by atoms with Crippen LogP contribution in [0.1, 0.15) is 18.4 Å². The van der Waals surface area contributed by atoms with Gasteiger partial charge < -0.3 is 4.90 Å². The number of rotatable bonds is 2. The zero-order valence-electron chi connectivity index (χ0n) is 9.86. The normalized spacial score (nSPS) is 13.8. The summed E-state index contributed by atoms with van der Waals surface area (Å²) in [6, 6.07) is 9.38. The first-order valence-electron chi connectivity index (χ1n) is 5.81. The second-order valence-electron chi connectivity index (χ2n) is 4.18. The van der Waals surface area contributed by atoms with Gasteiger partial charge in [-0.25, -0.2) is 0 Å². The molecule has 4 heteroatoms. The topological polar surface area (TPSA) is 50.8 Å². The van der Waals surface area contributed by atoms with Crippen molar-refractivity contribution in [1.29, 1.82) is 10.5 Å². The molecule has 0 unspecified atom stereocenters. The smallest absolute Gasteiger partial charge is 0.130 e. The van der Waals surface area contributed by atoms with Gasteiger partial charge in [-0.3, -0.25) is 0 Å². The van der Waals surface area contributed by atoms with Crippen LogP contribution in [0, 0.1) is 22.7 Å². The van der Waals surface area contributed by atoms with Crippen LogP contribution in [0.25, 0.3) is 6.08 Å². The lowest BCUT2D eigenvalue weighted by atomic mass is 10.1. The molecular weight excluding hydrogens is 246 g/mol. The fraction of sp³-hybridized carbons (Fsp3) is 0.286. The van der Waals surface area contributed by atoms with Gasteiger partial charge in [0.15, 0.2) is 0 Å². The Hall–Kier alpha value is -1.97. The van der Waals surface area contributed by atoms with Crippen LogP contribution < -0.4 is 4.90 Å². The SMILES string of the molecule is N#CC(C#N)=Cc1ccc(N2CCCC2)cc1Cl. The molecule has 0 aromatic heterocycles. The zero-order chi connectivity index (χ0) is 13.0. The van der Waals surface area contributed by atoms with Crippen molar-refractivity contribution in [2.24, 2.45) is 0 Å². The van der Waals surface area contributed by atoms with Gasteiger partial charge in [-0.2, -0.15) is 10.5 Å². The summed E-state index contributed by atoms with van der Waals surface area (Å²) in [5, 5.41) is 18.0. The van der Waals surface area contributed by atoms with Crippen molar-refractivity contribution in [1.82, 2.24) is 0 Å². The quantitative estimate of drug-likeness (QED) is 0.764. The summed E-state index contributed by atoms with van der Waals surface area (Å²) < 4.78 is 0. The van der Waals surface area contributed by atoms with Gasteiger partial charge in [0, 0.05) is 23.8 Å². The van der Waals surface area contributed by atoms with Crippen LogP contribution in [-0.4, -0.2) is 13.1 Å². The molecule has 0 spiro atoms. The molecule has 90 valence electrons. The minimum Gasteiger partial charge on any atom is -0.371 e. The van der Waals surface area contributed by atoms with E-state index in [9.17, 15) is 0 Å². The van der Waals surface area contributed by atoms with Gasteiger partial charge in [-0.05, 0) is 36.6 Å². The van der Waals surface area contributed by atoms with E-state index >= 15 is 0 Å². The maximum absolute atomic E-state index is 8.71. The molecule has 1 saturated heterocycles. The Labute approximate surface area is 112 Å². The lowest BCUT2D eigenvalue weighted by molar-refractivity contribution is 0.949. The molecule has 0 atom stereocenters. The van der Waals surface area contributed by atoms with E-state index in [4.69, 9.17) is 22.1 Å². The number of nitriles is 2. The molecule has 1 aliphatic rings. The fourth-order valence-corrected chi connectivity index (χ4v) is 2.28. The molecule has 0 amide bonds. The minimum absolute atomic E-state index is 0.0609. The summed E-state index contributed by atoms with van der Waals surface area (Å²) in [5.74, 6) is 0. The molecule has 0 aliphatic carbocycles. The number of allylic oxidation sites excluding steroid dienone is 1. The van der Waals surface area contributed by atoms with E-state index in [1.54, 1.807) is 0 Å². The highest BCUT2D eigenvalue weighted by Crippen LogP contribution is 2.27. The summed E-state index contributed by atoms with van der Waals surface area (Å²) >= 11 is 6.18. The predicted molar refractivity (Wildman–Crippen MR) is 72.1 cm³/mol. The largest absolute Gasteiger partial charge is 0.371 e. The Morgan fingerprint density at radius 1 is 1.22 bits per heavy atom. The van der Waals surface area contributed by atoms with Gasteiger partial charge in [-0.1, -0.05) is 17.7 Å². The second-order valence-corrected chi connectivity index (χ2v) is 4.59. The Bertz CT molecular complexity index is 541. The van der Waals surface area contributed by atoms with Crippen molar-refractivity contribution in [3.05, 3.63) is 34.4 Å². The van der Waals surface area contributed by atoms with Crippen molar-refractivity contribution in [3.8, 4) is 12.1 Å². The Morgan fingerprint density at radius 3 is 2.44 bits per heavy atom. The van der Waals surface area contributed by atoms with Crippen molar-refractivity contribution in [2.75, 3.05) is 18.0 Å². The molecule has 2 rings (SSSR count). The van der Waals surface area contributed by atoms with Crippen molar-refractivity contribution in [2.45, 2.75) is 12.8 Å². The van der Waals surface area contributed by atoms with Crippen LogP contribution >= 0.6 is 11.6 Å². The number of halogens is 1. The Balaban J connectivity index is 2.28. The first-order chi connectivity index (χ1) is 8.74. The minimum atomic E-state index is 0.0609. The van der Waals surface area contributed by atoms with Crippen LogP contribution in [0.3, 0.4) is 0 Å². The maximum Gasteiger partial charge on any atom is 0.130 e. The first-order valence-corrected chi connectivity index (χ1v) is 6.19. The van der Waals surface area contributed by atoms with Crippen molar-refractivity contribution >= 4 is 23.4 Å². The predicted octanol–water partition coefficient (Wildman–Crippen LogP) is 3.37. The summed E-state index contributed by atoms with van der Waals surface area (Å²) in [5.41, 5.74) is 1.87. The second kappa shape index (κ2) is 5.58. The van der Waals surface area contributed by atoms with Crippen LogP contribution in [0.15, 0.2) is 23.8 Å². The van der Waals surface area contributed by atoms with Crippen LogP contribution in [-0.2, 0) is 0 Å². The third-order valence-electron chi connectivity index (χ3n) is 3.00. The zero-order valence-corrected chi connectivity index (χ0v) is 10.6. The highest BCUT2D eigenvalue weighted by atomic mass is 35.5. The molecule has 1 heterocycles. The average molecular weight is 258 g/mol. The van der Waals surface area contributed by atoms with E-state index in [-0.39, 0.29) is 5.57 Å². The van der Waals surface area contributed by atoms with Crippen LogP contribution in [0.4, 0.5) is 5.69 Å². The molecule has 1 aromatic carbocycles. The number of hydrogen-bond donors (Lipinski definition) is 0. The van der Waals surface area contributed by atoms with E-state index in [2.05, 4.69) is 4.90 Å². The van der Waals surface area contributed by atoms with Gasteiger partial charge in [0.1, 0.15) is 17.7 Å². The van der Waals surface area contributed by atoms with Gasteiger partial charge in [0.05, 0.1) is 0 Å². The van der Waals surface area contributed by atoms with Crippen LogP contribution in [0.5, 0.6) is 0 Å².